The zero-order valence-electron chi connectivity index (χ0n) is 10.1. The first-order chi connectivity index (χ1) is 8.19. The first-order valence-electron chi connectivity index (χ1n) is 5.04. The van der Waals surface area contributed by atoms with Crippen molar-refractivity contribution in [1.29, 1.82) is 0 Å². The molecule has 94 valence electrons. The van der Waals surface area contributed by atoms with Gasteiger partial charge in [0.1, 0.15) is 5.75 Å². The summed E-state index contributed by atoms with van der Waals surface area (Å²) in [6.07, 6.45) is 3.58. The number of nitrogens with two attached hydrogens (primary N) is 1. The van der Waals surface area contributed by atoms with Crippen molar-refractivity contribution in [2.75, 3.05) is 27.9 Å². The molecular formula is C12H16ClNO3. The Bertz CT molecular complexity index is 419. The number of hydrogen-bond donors (Lipinski definition) is 1. The molecule has 0 heterocycles. The largest absolute Gasteiger partial charge is 0.496 e. The Hall–Kier alpha value is -1.39. The highest BCUT2D eigenvalue weighted by Crippen LogP contribution is 2.43. The summed E-state index contributed by atoms with van der Waals surface area (Å²) >= 11 is 6.24. The van der Waals surface area contributed by atoms with E-state index in [0.29, 0.717) is 28.8 Å². The van der Waals surface area contributed by atoms with Gasteiger partial charge in [-0.1, -0.05) is 23.8 Å². The van der Waals surface area contributed by atoms with Crippen molar-refractivity contribution in [2.24, 2.45) is 5.73 Å². The average Bonchev–Trinajstić information content (AvgIpc) is 2.36. The smallest absolute Gasteiger partial charge is 0.180 e. The zero-order valence-corrected chi connectivity index (χ0v) is 10.9. The lowest BCUT2D eigenvalue weighted by molar-refractivity contribution is 0.349. The van der Waals surface area contributed by atoms with Gasteiger partial charge in [0.2, 0.25) is 0 Å². The Kier molecular flexibility index (Phi) is 5.12. The van der Waals surface area contributed by atoms with Gasteiger partial charge in [0, 0.05) is 18.2 Å². The number of hydrogen-bond acceptors (Lipinski definition) is 4. The monoisotopic (exact) mass is 257 g/mol. The van der Waals surface area contributed by atoms with Crippen LogP contribution in [0.3, 0.4) is 0 Å². The van der Waals surface area contributed by atoms with Crippen molar-refractivity contribution in [3.63, 3.8) is 0 Å². The van der Waals surface area contributed by atoms with Crippen LogP contribution in [-0.2, 0) is 0 Å². The van der Waals surface area contributed by atoms with E-state index in [-0.39, 0.29) is 0 Å². The van der Waals surface area contributed by atoms with Gasteiger partial charge >= 0.3 is 0 Å². The Labute approximate surface area is 106 Å². The maximum atomic E-state index is 6.24. The third-order valence-corrected chi connectivity index (χ3v) is 2.63. The molecule has 0 saturated carbocycles. The van der Waals surface area contributed by atoms with Gasteiger partial charge in [0.25, 0.3) is 0 Å². The molecule has 4 nitrogen and oxygen atoms in total. The van der Waals surface area contributed by atoms with Crippen LogP contribution in [0, 0.1) is 0 Å². The molecule has 0 saturated heterocycles. The fraction of sp³-hybridized carbons (Fsp3) is 0.333. The maximum Gasteiger partial charge on any atom is 0.180 e. The van der Waals surface area contributed by atoms with E-state index in [1.165, 1.54) is 7.11 Å². The van der Waals surface area contributed by atoms with Gasteiger partial charge in [-0.25, -0.2) is 0 Å². The summed E-state index contributed by atoms with van der Waals surface area (Å²) in [6.45, 7) is 0.424. The lowest BCUT2D eigenvalue weighted by Crippen LogP contribution is -1.97. The van der Waals surface area contributed by atoms with E-state index in [4.69, 9.17) is 31.5 Å². The minimum Gasteiger partial charge on any atom is -0.496 e. The lowest BCUT2D eigenvalue weighted by Gasteiger charge is -2.14. The number of methoxy groups -OCH3 is 3. The van der Waals surface area contributed by atoms with E-state index in [1.807, 2.05) is 0 Å². The van der Waals surface area contributed by atoms with Gasteiger partial charge in [-0.2, -0.15) is 0 Å². The Balaban J connectivity index is 3.41. The summed E-state index contributed by atoms with van der Waals surface area (Å²) < 4.78 is 15.6. The normalized spacial score (nSPS) is 10.6. The molecule has 0 amide bonds. The molecule has 1 aromatic carbocycles. The first-order valence-corrected chi connectivity index (χ1v) is 5.42. The van der Waals surface area contributed by atoms with E-state index in [9.17, 15) is 0 Å². The van der Waals surface area contributed by atoms with E-state index < -0.39 is 0 Å². The average molecular weight is 258 g/mol. The molecular weight excluding hydrogens is 242 g/mol. The molecule has 0 aliphatic carbocycles. The molecule has 0 fully saturated rings. The Morgan fingerprint density at radius 3 is 2.29 bits per heavy atom. The van der Waals surface area contributed by atoms with E-state index in [2.05, 4.69) is 0 Å². The van der Waals surface area contributed by atoms with Gasteiger partial charge in [-0.05, 0) is 0 Å². The van der Waals surface area contributed by atoms with Crippen molar-refractivity contribution in [3.05, 3.63) is 22.7 Å². The Morgan fingerprint density at radius 2 is 1.82 bits per heavy atom. The lowest BCUT2D eigenvalue weighted by atomic mass is 10.1. The predicted octanol–water partition coefficient (Wildman–Crippen LogP) is 2.34. The van der Waals surface area contributed by atoms with Gasteiger partial charge < -0.3 is 19.9 Å². The molecule has 0 unspecified atom stereocenters. The Morgan fingerprint density at radius 1 is 1.18 bits per heavy atom. The molecule has 0 aliphatic rings. The number of benzene rings is 1. The molecule has 5 heteroatoms. The topological polar surface area (TPSA) is 53.7 Å². The molecule has 0 radical (unpaired) electrons. The molecule has 17 heavy (non-hydrogen) atoms. The highest BCUT2D eigenvalue weighted by atomic mass is 35.5. The molecule has 1 rings (SSSR count). The minimum atomic E-state index is 0.424. The van der Waals surface area contributed by atoms with Gasteiger partial charge in [-0.15, -0.1) is 0 Å². The van der Waals surface area contributed by atoms with Crippen LogP contribution in [0.2, 0.25) is 5.02 Å². The second-order valence-electron chi connectivity index (χ2n) is 3.18. The van der Waals surface area contributed by atoms with Crippen LogP contribution >= 0.6 is 11.6 Å². The molecule has 0 aliphatic heterocycles. The van der Waals surface area contributed by atoms with Crippen molar-refractivity contribution in [1.82, 2.24) is 0 Å². The number of ether oxygens (including phenoxy) is 3. The standard InChI is InChI=1S/C12H16ClNO3/c1-15-9-7-10(16-2)12(17-3)11(13)8(9)5-4-6-14/h4-5,7H,6,14H2,1-3H3/b5-4+. The highest BCUT2D eigenvalue weighted by Gasteiger charge is 2.16. The maximum absolute atomic E-state index is 6.24. The molecule has 0 aromatic heterocycles. The number of rotatable bonds is 5. The van der Waals surface area contributed by atoms with Crippen LogP contribution in [-0.4, -0.2) is 27.9 Å². The molecule has 1 aromatic rings. The second kappa shape index (κ2) is 6.37. The predicted molar refractivity (Wildman–Crippen MR) is 69.2 cm³/mol. The van der Waals surface area contributed by atoms with Crippen LogP contribution in [0.4, 0.5) is 0 Å². The SMILES string of the molecule is COc1cc(OC)c(OC)c(Cl)c1/C=C/CN. The first kappa shape index (κ1) is 13.7. The van der Waals surface area contributed by atoms with E-state index in [0.717, 1.165) is 5.56 Å². The van der Waals surface area contributed by atoms with Crippen LogP contribution < -0.4 is 19.9 Å². The van der Waals surface area contributed by atoms with E-state index >= 15 is 0 Å². The fourth-order valence-corrected chi connectivity index (χ4v) is 1.78. The third-order valence-electron chi connectivity index (χ3n) is 2.25. The quantitative estimate of drug-likeness (QED) is 0.880. The summed E-state index contributed by atoms with van der Waals surface area (Å²) in [5.74, 6) is 1.61. The summed E-state index contributed by atoms with van der Waals surface area (Å²) in [7, 11) is 4.65. The van der Waals surface area contributed by atoms with Crippen molar-refractivity contribution in [2.45, 2.75) is 0 Å². The van der Waals surface area contributed by atoms with Gasteiger partial charge in [0.15, 0.2) is 11.5 Å². The highest BCUT2D eigenvalue weighted by molar-refractivity contribution is 6.34. The molecule has 2 N–H and O–H groups in total. The van der Waals surface area contributed by atoms with Crippen molar-refractivity contribution >= 4 is 17.7 Å². The van der Waals surface area contributed by atoms with Crippen LogP contribution in [0.1, 0.15) is 5.56 Å². The number of halogens is 1. The van der Waals surface area contributed by atoms with E-state index in [1.54, 1.807) is 32.4 Å². The van der Waals surface area contributed by atoms with Crippen molar-refractivity contribution in [3.8, 4) is 17.2 Å². The molecule has 0 bridgehead atoms. The third kappa shape index (κ3) is 2.84. The summed E-state index contributed by atoms with van der Waals surface area (Å²) in [5.41, 5.74) is 6.14. The summed E-state index contributed by atoms with van der Waals surface area (Å²) in [4.78, 5) is 0. The fourth-order valence-electron chi connectivity index (χ4n) is 1.45. The van der Waals surface area contributed by atoms with Crippen LogP contribution in [0.5, 0.6) is 17.2 Å². The van der Waals surface area contributed by atoms with Gasteiger partial charge in [0.05, 0.1) is 26.4 Å². The molecule has 0 atom stereocenters. The van der Waals surface area contributed by atoms with Gasteiger partial charge in [-0.3, -0.25) is 0 Å². The van der Waals surface area contributed by atoms with Crippen molar-refractivity contribution < 1.29 is 14.2 Å². The van der Waals surface area contributed by atoms with Crippen LogP contribution in [0.25, 0.3) is 6.08 Å². The molecule has 0 spiro atoms. The minimum absolute atomic E-state index is 0.424. The second-order valence-corrected chi connectivity index (χ2v) is 3.56. The van der Waals surface area contributed by atoms with Crippen LogP contribution in [0.15, 0.2) is 12.1 Å². The zero-order chi connectivity index (χ0) is 12.8. The summed E-state index contributed by atoms with van der Waals surface area (Å²) in [5, 5.41) is 0.438. The summed E-state index contributed by atoms with van der Waals surface area (Å²) in [6, 6.07) is 1.72.